The molecular formula is C10H14N4O2S2. The third-order valence-corrected chi connectivity index (χ3v) is 5.03. The van der Waals surface area contributed by atoms with E-state index < -0.39 is 10.0 Å². The molecule has 0 radical (unpaired) electrons. The number of hydrogen-bond acceptors (Lipinski definition) is 5. The van der Waals surface area contributed by atoms with Crippen LogP contribution in [0.25, 0.3) is 0 Å². The van der Waals surface area contributed by atoms with Gasteiger partial charge in [0.25, 0.3) is 10.0 Å². The number of aromatic nitrogens is 3. The Labute approximate surface area is 110 Å². The van der Waals surface area contributed by atoms with E-state index in [2.05, 4.69) is 15.0 Å². The number of nitrogens with one attached hydrogen (secondary N) is 1. The molecule has 0 aromatic carbocycles. The Hall–Kier alpha value is -1.25. The minimum Gasteiger partial charge on any atom is -0.332 e. The second kappa shape index (κ2) is 4.79. The Morgan fingerprint density at radius 3 is 2.56 bits per heavy atom. The van der Waals surface area contributed by atoms with Gasteiger partial charge in [0.1, 0.15) is 5.82 Å². The Balaban J connectivity index is 2.20. The standard InChI is InChI=1S/C10H14N4O2S2/c1-7-11-5-10(13-7)18(15,16)14(3)6-9-4-12-8(2)17-9/h4-5H,6H2,1-3H3,(H,11,13). The van der Waals surface area contributed by atoms with E-state index >= 15 is 0 Å². The molecule has 18 heavy (non-hydrogen) atoms. The topological polar surface area (TPSA) is 79.0 Å². The fraction of sp³-hybridized carbons (Fsp3) is 0.400. The van der Waals surface area contributed by atoms with Crippen LogP contribution in [0.5, 0.6) is 0 Å². The summed E-state index contributed by atoms with van der Waals surface area (Å²) in [6.07, 6.45) is 3.03. The van der Waals surface area contributed by atoms with Gasteiger partial charge in [-0.2, -0.15) is 4.31 Å². The van der Waals surface area contributed by atoms with Gasteiger partial charge in [-0.05, 0) is 13.8 Å². The van der Waals surface area contributed by atoms with Crippen molar-refractivity contribution in [1.82, 2.24) is 19.3 Å². The lowest BCUT2D eigenvalue weighted by atomic mass is 10.5. The predicted octanol–water partition coefficient (Wildman–Crippen LogP) is 1.30. The van der Waals surface area contributed by atoms with Gasteiger partial charge in [-0.1, -0.05) is 0 Å². The molecule has 2 aromatic rings. The molecule has 8 heteroatoms. The highest BCUT2D eigenvalue weighted by atomic mass is 32.2. The first-order valence-corrected chi connectivity index (χ1v) is 7.54. The third kappa shape index (κ3) is 2.60. The first kappa shape index (κ1) is 13.2. The molecule has 0 fully saturated rings. The van der Waals surface area contributed by atoms with Crippen LogP contribution in [0, 0.1) is 13.8 Å². The molecule has 0 saturated carbocycles. The van der Waals surface area contributed by atoms with E-state index in [0.717, 1.165) is 9.88 Å². The molecule has 0 spiro atoms. The molecule has 98 valence electrons. The first-order valence-electron chi connectivity index (χ1n) is 5.29. The van der Waals surface area contributed by atoms with E-state index in [1.807, 2.05) is 6.92 Å². The molecule has 1 N–H and O–H groups in total. The van der Waals surface area contributed by atoms with Crippen LogP contribution in [0.3, 0.4) is 0 Å². The summed E-state index contributed by atoms with van der Waals surface area (Å²) < 4.78 is 25.7. The van der Waals surface area contributed by atoms with Crippen molar-refractivity contribution >= 4 is 21.4 Å². The Kier molecular flexibility index (Phi) is 3.51. The number of imidazole rings is 1. The number of thiazole rings is 1. The second-order valence-corrected chi connectivity index (χ2v) is 7.27. The summed E-state index contributed by atoms with van der Waals surface area (Å²) in [5, 5.41) is 1.04. The van der Waals surface area contributed by atoms with Crippen LogP contribution in [-0.4, -0.2) is 34.7 Å². The number of H-pyrrole nitrogens is 1. The van der Waals surface area contributed by atoms with Crippen molar-refractivity contribution in [3.05, 3.63) is 28.1 Å². The molecule has 0 amide bonds. The van der Waals surface area contributed by atoms with E-state index in [9.17, 15) is 8.42 Å². The van der Waals surface area contributed by atoms with Gasteiger partial charge in [-0.3, -0.25) is 0 Å². The summed E-state index contributed by atoms with van der Waals surface area (Å²) >= 11 is 1.49. The highest BCUT2D eigenvalue weighted by Gasteiger charge is 2.23. The van der Waals surface area contributed by atoms with Crippen molar-refractivity contribution in [2.24, 2.45) is 0 Å². The summed E-state index contributed by atoms with van der Waals surface area (Å²) in [4.78, 5) is 11.7. The zero-order valence-corrected chi connectivity index (χ0v) is 12.0. The van der Waals surface area contributed by atoms with Gasteiger partial charge < -0.3 is 4.98 Å². The van der Waals surface area contributed by atoms with E-state index in [-0.39, 0.29) is 5.03 Å². The summed E-state index contributed by atoms with van der Waals surface area (Å²) in [5.74, 6) is 0.579. The van der Waals surface area contributed by atoms with Gasteiger partial charge in [0.15, 0.2) is 5.03 Å². The quantitative estimate of drug-likeness (QED) is 0.919. The highest BCUT2D eigenvalue weighted by molar-refractivity contribution is 7.89. The average Bonchev–Trinajstić information content (AvgIpc) is 2.88. The summed E-state index contributed by atoms with van der Waals surface area (Å²) in [7, 11) is -1.97. The van der Waals surface area contributed by atoms with Crippen molar-refractivity contribution in [1.29, 1.82) is 0 Å². The number of aryl methyl sites for hydroxylation is 2. The number of hydrogen-bond donors (Lipinski definition) is 1. The molecule has 0 atom stereocenters. The maximum absolute atomic E-state index is 12.2. The SMILES string of the molecule is Cc1ncc(S(=O)(=O)N(C)Cc2cnc(C)s2)[nH]1. The van der Waals surface area contributed by atoms with Crippen LogP contribution in [0.4, 0.5) is 0 Å². The Morgan fingerprint density at radius 1 is 1.33 bits per heavy atom. The monoisotopic (exact) mass is 286 g/mol. The van der Waals surface area contributed by atoms with Crippen molar-refractivity contribution in [2.45, 2.75) is 25.4 Å². The van der Waals surface area contributed by atoms with Crippen LogP contribution < -0.4 is 0 Å². The molecule has 0 aliphatic carbocycles. The second-order valence-electron chi connectivity index (χ2n) is 3.94. The van der Waals surface area contributed by atoms with E-state index in [1.54, 1.807) is 20.2 Å². The minimum absolute atomic E-state index is 0.115. The Morgan fingerprint density at radius 2 is 2.06 bits per heavy atom. The van der Waals surface area contributed by atoms with Gasteiger partial charge in [0.2, 0.25) is 0 Å². The number of nitrogens with zero attached hydrogens (tertiary/aromatic N) is 3. The molecule has 0 aliphatic heterocycles. The van der Waals surface area contributed by atoms with Crippen LogP contribution >= 0.6 is 11.3 Å². The molecule has 6 nitrogen and oxygen atoms in total. The summed E-state index contributed by atoms with van der Waals surface area (Å²) in [6.45, 7) is 3.92. The molecule has 0 aliphatic rings. The van der Waals surface area contributed by atoms with Crippen molar-refractivity contribution < 1.29 is 8.42 Å². The van der Waals surface area contributed by atoms with Gasteiger partial charge in [-0.15, -0.1) is 11.3 Å². The minimum atomic E-state index is -3.51. The molecule has 2 heterocycles. The first-order chi connectivity index (χ1) is 8.39. The van der Waals surface area contributed by atoms with Gasteiger partial charge >= 0.3 is 0 Å². The van der Waals surface area contributed by atoms with Gasteiger partial charge in [-0.25, -0.2) is 18.4 Å². The highest BCUT2D eigenvalue weighted by Crippen LogP contribution is 2.18. The molecular weight excluding hydrogens is 272 g/mol. The van der Waals surface area contributed by atoms with E-state index in [4.69, 9.17) is 0 Å². The molecule has 2 aromatic heterocycles. The smallest absolute Gasteiger partial charge is 0.260 e. The average molecular weight is 286 g/mol. The molecule has 0 bridgehead atoms. The van der Waals surface area contributed by atoms with Crippen LogP contribution in [0.15, 0.2) is 17.4 Å². The molecule has 2 rings (SSSR count). The summed E-state index contributed by atoms with van der Waals surface area (Å²) in [6, 6.07) is 0. The zero-order valence-electron chi connectivity index (χ0n) is 10.3. The zero-order chi connectivity index (χ0) is 13.3. The Bertz CT molecular complexity index is 644. The maximum atomic E-state index is 12.2. The van der Waals surface area contributed by atoms with Crippen LogP contribution in [0.1, 0.15) is 15.7 Å². The summed E-state index contributed by atoms with van der Waals surface area (Å²) in [5.41, 5.74) is 0. The van der Waals surface area contributed by atoms with Gasteiger partial charge in [0, 0.05) is 24.7 Å². The lowest BCUT2D eigenvalue weighted by Crippen LogP contribution is -2.26. The lowest BCUT2D eigenvalue weighted by Gasteiger charge is -2.14. The van der Waals surface area contributed by atoms with Crippen molar-refractivity contribution in [2.75, 3.05) is 7.05 Å². The predicted molar refractivity (Wildman–Crippen MR) is 68.8 cm³/mol. The lowest BCUT2D eigenvalue weighted by molar-refractivity contribution is 0.467. The fourth-order valence-corrected chi connectivity index (χ4v) is 3.52. The third-order valence-electron chi connectivity index (χ3n) is 2.42. The normalized spacial score (nSPS) is 12.2. The van der Waals surface area contributed by atoms with E-state index in [0.29, 0.717) is 12.4 Å². The van der Waals surface area contributed by atoms with Crippen molar-refractivity contribution in [3.63, 3.8) is 0 Å². The van der Waals surface area contributed by atoms with Gasteiger partial charge in [0.05, 0.1) is 11.2 Å². The number of aromatic amines is 1. The maximum Gasteiger partial charge on any atom is 0.260 e. The molecule has 0 unspecified atom stereocenters. The largest absolute Gasteiger partial charge is 0.332 e. The molecule has 0 saturated heterocycles. The van der Waals surface area contributed by atoms with Crippen LogP contribution in [0.2, 0.25) is 0 Å². The number of rotatable bonds is 4. The number of sulfonamides is 1. The van der Waals surface area contributed by atoms with Crippen LogP contribution in [-0.2, 0) is 16.6 Å². The van der Waals surface area contributed by atoms with Crippen molar-refractivity contribution in [3.8, 4) is 0 Å². The van der Waals surface area contributed by atoms with E-state index in [1.165, 1.54) is 21.8 Å². The fourth-order valence-electron chi connectivity index (χ4n) is 1.48.